The molecular formula is C18H9N3O2S. The van der Waals surface area contributed by atoms with E-state index in [1.54, 1.807) is 24.3 Å². The van der Waals surface area contributed by atoms with E-state index >= 15 is 0 Å². The van der Waals surface area contributed by atoms with Gasteiger partial charge < -0.3 is 5.11 Å². The first-order valence-corrected chi connectivity index (χ1v) is 7.70. The highest BCUT2D eigenvalue weighted by atomic mass is 32.1. The molecule has 0 saturated heterocycles. The summed E-state index contributed by atoms with van der Waals surface area (Å²) in [6.45, 7) is 0. The predicted octanol–water partition coefficient (Wildman–Crippen LogP) is 3.48. The van der Waals surface area contributed by atoms with Crippen LogP contribution in [0.2, 0.25) is 0 Å². The van der Waals surface area contributed by atoms with E-state index in [9.17, 15) is 15.2 Å². The fourth-order valence-electron chi connectivity index (χ4n) is 2.17. The number of aliphatic hydroxyl groups excluding tert-OH is 1. The fourth-order valence-corrected chi connectivity index (χ4v) is 3.16. The molecule has 3 rings (SSSR count). The Morgan fingerprint density at radius 2 is 1.79 bits per heavy atom. The lowest BCUT2D eigenvalue weighted by Crippen LogP contribution is -2.07. The molecule has 3 aromatic rings. The van der Waals surface area contributed by atoms with Crippen molar-refractivity contribution in [3.05, 3.63) is 75.0 Å². The van der Waals surface area contributed by atoms with Gasteiger partial charge in [0.15, 0.2) is 0 Å². The van der Waals surface area contributed by atoms with Gasteiger partial charge in [0.05, 0.1) is 17.0 Å². The van der Waals surface area contributed by atoms with Gasteiger partial charge in [0.1, 0.15) is 22.4 Å². The van der Waals surface area contributed by atoms with E-state index in [0.29, 0.717) is 21.2 Å². The zero-order valence-corrected chi connectivity index (χ0v) is 13.0. The molecule has 2 aromatic carbocycles. The van der Waals surface area contributed by atoms with Crippen molar-refractivity contribution in [1.29, 1.82) is 10.5 Å². The van der Waals surface area contributed by atoms with E-state index in [4.69, 9.17) is 5.26 Å². The molecule has 0 fully saturated rings. The average molecular weight is 331 g/mol. The van der Waals surface area contributed by atoms with Gasteiger partial charge in [-0.3, -0.25) is 4.79 Å². The van der Waals surface area contributed by atoms with E-state index in [0.717, 1.165) is 11.3 Å². The molecule has 6 heteroatoms. The van der Waals surface area contributed by atoms with E-state index in [1.165, 1.54) is 24.3 Å². The van der Waals surface area contributed by atoms with Gasteiger partial charge in [0.2, 0.25) is 0 Å². The van der Waals surface area contributed by atoms with Gasteiger partial charge in [0.25, 0.3) is 5.56 Å². The molecule has 114 valence electrons. The van der Waals surface area contributed by atoms with Crippen molar-refractivity contribution in [2.24, 2.45) is 0 Å². The second-order valence-corrected chi connectivity index (χ2v) is 5.88. The van der Waals surface area contributed by atoms with Crippen LogP contribution in [0.15, 0.2) is 53.3 Å². The maximum Gasteiger partial charge on any atom is 0.279 e. The normalized spacial score (nSPS) is 11.4. The van der Waals surface area contributed by atoms with Crippen molar-refractivity contribution in [3.8, 4) is 12.1 Å². The largest absolute Gasteiger partial charge is 0.506 e. The van der Waals surface area contributed by atoms with Crippen molar-refractivity contribution in [2.45, 2.75) is 0 Å². The first kappa shape index (κ1) is 15.4. The van der Waals surface area contributed by atoms with Gasteiger partial charge in [-0.25, -0.2) is 0 Å². The lowest BCUT2D eigenvalue weighted by molar-refractivity contribution is 0.514. The summed E-state index contributed by atoms with van der Waals surface area (Å²) in [5, 5.41) is 29.3. The molecule has 0 radical (unpaired) electrons. The van der Waals surface area contributed by atoms with Gasteiger partial charge >= 0.3 is 0 Å². The van der Waals surface area contributed by atoms with Crippen LogP contribution in [0.1, 0.15) is 16.1 Å². The van der Waals surface area contributed by atoms with Gasteiger partial charge in [-0.2, -0.15) is 15.5 Å². The molecule has 1 heterocycles. The van der Waals surface area contributed by atoms with Crippen molar-refractivity contribution >= 4 is 32.8 Å². The summed E-state index contributed by atoms with van der Waals surface area (Å²) in [4.78, 5) is 16.0. The minimum Gasteiger partial charge on any atom is -0.506 e. The third-order valence-corrected chi connectivity index (χ3v) is 4.44. The molecule has 0 spiro atoms. The summed E-state index contributed by atoms with van der Waals surface area (Å²) in [5.41, 5.74) is 0.297. The molecule has 0 amide bonds. The SMILES string of the molecule is N#CC(=C(O)c1ccc(C#N)cc1)c1nc(=O)c2ccccc2s1. The topological polar surface area (TPSA) is 97.8 Å². The van der Waals surface area contributed by atoms with Crippen LogP contribution in [0.25, 0.3) is 21.4 Å². The lowest BCUT2D eigenvalue weighted by atomic mass is 10.1. The molecule has 5 nitrogen and oxygen atoms in total. The van der Waals surface area contributed by atoms with Crippen LogP contribution in [0.4, 0.5) is 0 Å². The molecule has 0 aliphatic heterocycles. The molecule has 0 aliphatic rings. The van der Waals surface area contributed by atoms with Crippen molar-refractivity contribution < 1.29 is 5.11 Å². The third-order valence-electron chi connectivity index (χ3n) is 3.38. The van der Waals surface area contributed by atoms with E-state index < -0.39 is 5.56 Å². The summed E-state index contributed by atoms with van der Waals surface area (Å²) in [6, 6.07) is 17.0. The van der Waals surface area contributed by atoms with Crippen molar-refractivity contribution in [2.75, 3.05) is 0 Å². The van der Waals surface area contributed by atoms with E-state index in [-0.39, 0.29) is 16.3 Å². The highest BCUT2D eigenvalue weighted by Gasteiger charge is 2.15. The Balaban J connectivity index is 2.19. The number of aromatic nitrogens is 1. The first-order valence-electron chi connectivity index (χ1n) is 6.88. The number of hydrogen-bond acceptors (Lipinski definition) is 6. The fraction of sp³-hybridized carbons (Fsp3) is 0. The summed E-state index contributed by atoms with van der Waals surface area (Å²) < 4.78 is 0.688. The van der Waals surface area contributed by atoms with Gasteiger partial charge in [0, 0.05) is 10.3 Å². The second-order valence-electron chi connectivity index (χ2n) is 4.84. The van der Waals surface area contributed by atoms with Crippen LogP contribution in [-0.4, -0.2) is 10.1 Å². The van der Waals surface area contributed by atoms with Crippen LogP contribution < -0.4 is 5.56 Å². The summed E-state index contributed by atoms with van der Waals surface area (Å²) >= 11 is 1.16. The van der Waals surface area contributed by atoms with Gasteiger partial charge in [-0.15, -0.1) is 11.3 Å². The summed E-state index contributed by atoms with van der Waals surface area (Å²) in [6.07, 6.45) is 0. The molecule has 0 bridgehead atoms. The molecule has 0 saturated carbocycles. The Kier molecular flexibility index (Phi) is 4.07. The van der Waals surface area contributed by atoms with Crippen LogP contribution in [0.5, 0.6) is 0 Å². The van der Waals surface area contributed by atoms with Crippen LogP contribution in [0, 0.1) is 22.7 Å². The number of allylic oxidation sites excluding steroid dienone is 1. The first-order chi connectivity index (χ1) is 11.6. The second kappa shape index (κ2) is 6.33. The summed E-state index contributed by atoms with van der Waals surface area (Å²) in [7, 11) is 0. The van der Waals surface area contributed by atoms with Crippen LogP contribution in [-0.2, 0) is 0 Å². The summed E-state index contributed by atoms with van der Waals surface area (Å²) in [5.74, 6) is -0.277. The Hall–Kier alpha value is -3.48. The van der Waals surface area contributed by atoms with Crippen LogP contribution >= 0.6 is 11.3 Å². The quantitative estimate of drug-likeness (QED) is 0.572. The highest BCUT2D eigenvalue weighted by molar-refractivity contribution is 7.19. The molecule has 0 unspecified atom stereocenters. The Morgan fingerprint density at radius 1 is 1.08 bits per heavy atom. The number of nitrogens with zero attached hydrogens (tertiary/aromatic N) is 3. The van der Waals surface area contributed by atoms with Crippen LogP contribution in [0.3, 0.4) is 0 Å². The van der Waals surface area contributed by atoms with E-state index in [1.807, 2.05) is 12.1 Å². The average Bonchev–Trinajstić information content (AvgIpc) is 2.62. The minimum atomic E-state index is -0.445. The number of fused-ring (bicyclic) bond motifs is 1. The van der Waals surface area contributed by atoms with Crippen molar-refractivity contribution in [1.82, 2.24) is 4.98 Å². The minimum absolute atomic E-state index is 0.0763. The van der Waals surface area contributed by atoms with Gasteiger partial charge in [-0.1, -0.05) is 12.1 Å². The molecule has 0 atom stereocenters. The third kappa shape index (κ3) is 2.74. The Labute approximate surface area is 141 Å². The Bertz CT molecular complexity index is 1100. The number of rotatable bonds is 2. The molecule has 1 N–H and O–H groups in total. The number of hydrogen-bond donors (Lipinski definition) is 1. The highest BCUT2D eigenvalue weighted by Crippen LogP contribution is 2.27. The lowest BCUT2D eigenvalue weighted by Gasteiger charge is -2.05. The zero-order chi connectivity index (χ0) is 17.1. The smallest absolute Gasteiger partial charge is 0.279 e. The Morgan fingerprint density at radius 3 is 2.46 bits per heavy atom. The zero-order valence-electron chi connectivity index (χ0n) is 12.2. The molecule has 1 aromatic heterocycles. The van der Waals surface area contributed by atoms with Crippen molar-refractivity contribution in [3.63, 3.8) is 0 Å². The predicted molar refractivity (Wildman–Crippen MR) is 92.1 cm³/mol. The van der Waals surface area contributed by atoms with E-state index in [2.05, 4.69) is 4.98 Å². The molecule has 0 aliphatic carbocycles. The number of nitriles is 2. The maximum atomic E-state index is 12.1. The molecular weight excluding hydrogens is 322 g/mol. The standard InChI is InChI=1S/C18H9N3O2S/c19-9-11-5-7-12(8-6-11)16(22)14(10-20)18-21-17(23)13-3-1-2-4-15(13)24-18/h1-8,22H. The maximum absolute atomic E-state index is 12.1. The number of benzene rings is 2. The van der Waals surface area contributed by atoms with Gasteiger partial charge in [-0.05, 0) is 36.4 Å². The monoisotopic (exact) mass is 331 g/mol. The number of aliphatic hydroxyl groups is 1. The molecule has 24 heavy (non-hydrogen) atoms.